The summed E-state index contributed by atoms with van der Waals surface area (Å²) in [5.41, 5.74) is 4.85. The molecule has 1 fully saturated rings. The van der Waals surface area contributed by atoms with Crippen molar-refractivity contribution in [1.82, 2.24) is 20.2 Å². The number of nitrogens with one attached hydrogen (secondary N) is 2. The molecule has 0 saturated carbocycles. The zero-order valence-corrected chi connectivity index (χ0v) is 20.3. The highest BCUT2D eigenvalue weighted by atomic mass is 35.5. The summed E-state index contributed by atoms with van der Waals surface area (Å²) in [7, 11) is 0. The van der Waals surface area contributed by atoms with E-state index in [1.807, 2.05) is 36.7 Å². The first-order chi connectivity index (χ1) is 17.5. The smallest absolute Gasteiger partial charge is 0.405 e. The summed E-state index contributed by atoms with van der Waals surface area (Å²) in [6, 6.07) is 18.4. The third-order valence-corrected chi connectivity index (χ3v) is 6.75. The highest BCUT2D eigenvalue weighted by molar-refractivity contribution is 6.30. The SMILES string of the molecule is O=C(O)NC(Cc1ccc(Cl)cc1)C(=O)N1CCN(c2c(-c3ccccc3)cnc3[nH]ccc23)CC1. The van der Waals surface area contributed by atoms with Crippen molar-refractivity contribution in [3.63, 3.8) is 0 Å². The maximum atomic E-state index is 13.3. The first-order valence-corrected chi connectivity index (χ1v) is 12.2. The number of piperazine rings is 1. The largest absolute Gasteiger partial charge is 0.465 e. The molecule has 0 radical (unpaired) electrons. The molecule has 0 spiro atoms. The lowest BCUT2D eigenvalue weighted by Gasteiger charge is -2.38. The maximum Gasteiger partial charge on any atom is 0.405 e. The van der Waals surface area contributed by atoms with Gasteiger partial charge in [0.1, 0.15) is 11.7 Å². The van der Waals surface area contributed by atoms with Gasteiger partial charge < -0.3 is 25.2 Å². The van der Waals surface area contributed by atoms with E-state index in [9.17, 15) is 14.7 Å². The third-order valence-electron chi connectivity index (χ3n) is 6.50. The van der Waals surface area contributed by atoms with Crippen LogP contribution in [0, 0.1) is 0 Å². The number of aromatic nitrogens is 2. The minimum atomic E-state index is -1.22. The van der Waals surface area contributed by atoms with Crippen molar-refractivity contribution < 1.29 is 14.7 Å². The molecule has 5 rings (SSSR count). The highest BCUT2D eigenvalue weighted by Crippen LogP contribution is 2.36. The lowest BCUT2D eigenvalue weighted by molar-refractivity contribution is -0.133. The molecular formula is C27H26ClN5O3. The van der Waals surface area contributed by atoms with E-state index in [2.05, 4.69) is 32.3 Å². The second-order valence-corrected chi connectivity index (χ2v) is 9.21. The molecule has 1 atom stereocenters. The highest BCUT2D eigenvalue weighted by Gasteiger charge is 2.30. The summed E-state index contributed by atoms with van der Waals surface area (Å²) >= 11 is 5.96. The number of H-pyrrole nitrogens is 1. The average Bonchev–Trinajstić information content (AvgIpc) is 3.38. The van der Waals surface area contributed by atoms with E-state index < -0.39 is 12.1 Å². The van der Waals surface area contributed by atoms with Crippen LogP contribution in [-0.2, 0) is 11.2 Å². The van der Waals surface area contributed by atoms with Gasteiger partial charge in [0.05, 0.1) is 5.69 Å². The van der Waals surface area contributed by atoms with Crippen molar-refractivity contribution in [3.8, 4) is 11.1 Å². The average molecular weight is 504 g/mol. The lowest BCUT2D eigenvalue weighted by atomic mass is 10.0. The lowest BCUT2D eigenvalue weighted by Crippen LogP contribution is -2.55. The number of carbonyl (C=O) groups is 2. The minimum absolute atomic E-state index is 0.225. The van der Waals surface area contributed by atoms with Crippen LogP contribution in [-0.4, -0.2) is 64.2 Å². The van der Waals surface area contributed by atoms with E-state index in [0.717, 1.165) is 33.4 Å². The molecule has 9 heteroatoms. The molecule has 4 aromatic rings. The van der Waals surface area contributed by atoms with Crippen molar-refractivity contribution in [1.29, 1.82) is 0 Å². The molecule has 1 saturated heterocycles. The van der Waals surface area contributed by atoms with E-state index in [0.29, 0.717) is 31.2 Å². The first kappa shape index (κ1) is 23.7. The number of hydrogen-bond acceptors (Lipinski definition) is 4. The van der Waals surface area contributed by atoms with Gasteiger partial charge in [0, 0.05) is 61.0 Å². The molecule has 1 unspecified atom stereocenters. The quantitative estimate of drug-likeness (QED) is 0.362. The summed E-state index contributed by atoms with van der Waals surface area (Å²) < 4.78 is 0. The number of aromatic amines is 1. The molecular weight excluding hydrogens is 478 g/mol. The summed E-state index contributed by atoms with van der Waals surface area (Å²) in [4.78, 5) is 36.6. The van der Waals surface area contributed by atoms with Gasteiger partial charge in [0.25, 0.3) is 0 Å². The van der Waals surface area contributed by atoms with Crippen LogP contribution in [0.4, 0.5) is 10.5 Å². The predicted molar refractivity (Wildman–Crippen MR) is 140 cm³/mol. The number of halogens is 1. The van der Waals surface area contributed by atoms with Gasteiger partial charge in [0.15, 0.2) is 0 Å². The van der Waals surface area contributed by atoms with Crippen LogP contribution in [0.25, 0.3) is 22.2 Å². The van der Waals surface area contributed by atoms with Crippen molar-refractivity contribution in [2.45, 2.75) is 12.5 Å². The molecule has 1 aliphatic rings. The van der Waals surface area contributed by atoms with E-state index in [1.54, 1.807) is 29.2 Å². The molecule has 0 bridgehead atoms. The molecule has 2 amide bonds. The predicted octanol–water partition coefficient (Wildman–Crippen LogP) is 4.41. The Morgan fingerprint density at radius 3 is 2.44 bits per heavy atom. The zero-order chi connectivity index (χ0) is 25.1. The number of benzene rings is 2. The summed E-state index contributed by atoms with van der Waals surface area (Å²) in [6.07, 6.45) is 2.81. The van der Waals surface area contributed by atoms with Crippen molar-refractivity contribution in [3.05, 3.63) is 83.6 Å². The normalized spacial score (nSPS) is 14.6. The van der Waals surface area contributed by atoms with Crippen LogP contribution < -0.4 is 10.2 Å². The molecule has 0 aliphatic carbocycles. The number of amides is 2. The number of carboxylic acid groups (broad SMARTS) is 1. The van der Waals surface area contributed by atoms with Crippen LogP contribution in [0.2, 0.25) is 5.02 Å². The van der Waals surface area contributed by atoms with Crippen LogP contribution in [0.3, 0.4) is 0 Å². The first-order valence-electron chi connectivity index (χ1n) is 11.8. The maximum absolute atomic E-state index is 13.3. The number of fused-ring (bicyclic) bond motifs is 1. The third kappa shape index (κ3) is 4.99. The Balaban J connectivity index is 1.35. The molecule has 8 nitrogen and oxygen atoms in total. The summed E-state index contributed by atoms with van der Waals surface area (Å²) in [6.45, 7) is 2.21. The number of carbonyl (C=O) groups excluding carboxylic acids is 1. The Morgan fingerprint density at radius 1 is 1.03 bits per heavy atom. The standard InChI is InChI=1S/C27H26ClN5O3/c28-20-8-6-18(7-9-20)16-23(31-27(35)36)26(34)33-14-12-32(13-15-33)24-21-10-11-29-25(21)30-17-22(24)19-4-2-1-3-5-19/h1-11,17,23,31H,12-16H2,(H,29,30)(H,35,36). The molecule has 36 heavy (non-hydrogen) atoms. The molecule has 184 valence electrons. The van der Waals surface area contributed by atoms with Gasteiger partial charge in [0.2, 0.25) is 5.91 Å². The molecule has 2 aromatic carbocycles. The zero-order valence-electron chi connectivity index (χ0n) is 19.5. The Hall–Kier alpha value is -4.04. The molecule has 3 N–H and O–H groups in total. The Morgan fingerprint density at radius 2 is 1.75 bits per heavy atom. The van der Waals surface area contributed by atoms with Crippen LogP contribution in [0.15, 0.2) is 73.1 Å². The minimum Gasteiger partial charge on any atom is -0.465 e. The Bertz CT molecular complexity index is 1370. The van der Waals surface area contributed by atoms with Gasteiger partial charge in [-0.25, -0.2) is 9.78 Å². The summed E-state index contributed by atoms with van der Waals surface area (Å²) in [5.74, 6) is -0.225. The fourth-order valence-electron chi connectivity index (χ4n) is 4.74. The van der Waals surface area contributed by atoms with Gasteiger partial charge in [-0.1, -0.05) is 54.1 Å². The number of pyridine rings is 1. The molecule has 2 aromatic heterocycles. The van der Waals surface area contributed by atoms with E-state index >= 15 is 0 Å². The van der Waals surface area contributed by atoms with Crippen molar-refractivity contribution in [2.24, 2.45) is 0 Å². The second kappa shape index (κ2) is 10.3. The second-order valence-electron chi connectivity index (χ2n) is 8.77. The number of nitrogens with zero attached hydrogens (tertiary/aromatic N) is 3. The topological polar surface area (TPSA) is 102 Å². The number of rotatable bonds is 6. The molecule has 1 aliphatic heterocycles. The van der Waals surface area contributed by atoms with Crippen LogP contribution in [0.5, 0.6) is 0 Å². The van der Waals surface area contributed by atoms with Gasteiger partial charge in [-0.2, -0.15) is 0 Å². The van der Waals surface area contributed by atoms with Gasteiger partial charge in [-0.3, -0.25) is 4.79 Å². The van der Waals surface area contributed by atoms with Gasteiger partial charge >= 0.3 is 6.09 Å². The van der Waals surface area contributed by atoms with E-state index in [1.165, 1.54) is 0 Å². The van der Waals surface area contributed by atoms with Crippen LogP contribution in [0.1, 0.15) is 5.56 Å². The van der Waals surface area contributed by atoms with E-state index in [4.69, 9.17) is 11.6 Å². The fourth-order valence-corrected chi connectivity index (χ4v) is 4.87. The number of anilines is 1. The van der Waals surface area contributed by atoms with Crippen molar-refractivity contribution >= 4 is 40.3 Å². The molecule has 3 heterocycles. The van der Waals surface area contributed by atoms with Crippen LogP contribution >= 0.6 is 11.6 Å². The van der Waals surface area contributed by atoms with Gasteiger partial charge in [-0.05, 0) is 29.3 Å². The van der Waals surface area contributed by atoms with E-state index in [-0.39, 0.29) is 12.3 Å². The Kier molecular flexibility index (Phi) is 6.77. The van der Waals surface area contributed by atoms with Crippen molar-refractivity contribution in [2.75, 3.05) is 31.1 Å². The Labute approximate surface area is 213 Å². The fraction of sp³-hybridized carbons (Fsp3) is 0.222. The van der Waals surface area contributed by atoms with Gasteiger partial charge in [-0.15, -0.1) is 0 Å². The summed E-state index contributed by atoms with van der Waals surface area (Å²) in [5, 5.41) is 13.4. The monoisotopic (exact) mass is 503 g/mol. The number of hydrogen-bond donors (Lipinski definition) is 3.